The summed E-state index contributed by atoms with van der Waals surface area (Å²) in [6, 6.07) is 5.54. The van der Waals surface area contributed by atoms with Gasteiger partial charge in [-0.2, -0.15) is 0 Å². The maximum Gasteiger partial charge on any atom is 0.123 e. The number of benzene rings is 1. The number of aliphatic hydroxyl groups is 1. The average molecular weight is 249 g/mol. The van der Waals surface area contributed by atoms with Crippen LogP contribution in [0.3, 0.4) is 0 Å². The van der Waals surface area contributed by atoms with E-state index in [1.54, 1.807) is 12.1 Å². The molecule has 1 aliphatic heterocycles. The molecule has 3 rings (SSSR count). The molecule has 2 aliphatic rings. The molecule has 1 heterocycles. The Balaban J connectivity index is 1.73. The third-order valence-electron chi connectivity index (χ3n) is 4.26. The zero-order valence-electron chi connectivity index (χ0n) is 10.8. The molecule has 0 spiro atoms. The molecule has 0 aromatic heterocycles. The molecule has 1 unspecified atom stereocenters. The highest BCUT2D eigenvalue weighted by Gasteiger charge is 2.42. The number of β-amino-alcohol motifs (C(OH)–C–C–N with tert-alkyl or cyclic N) is 1. The fourth-order valence-electron chi connectivity index (χ4n) is 2.97. The summed E-state index contributed by atoms with van der Waals surface area (Å²) in [6.07, 6.45) is 3.92. The van der Waals surface area contributed by atoms with Crippen LogP contribution in [0.15, 0.2) is 18.2 Å². The minimum Gasteiger partial charge on any atom is -0.388 e. The largest absolute Gasteiger partial charge is 0.388 e. The van der Waals surface area contributed by atoms with Gasteiger partial charge in [0.05, 0.1) is 5.60 Å². The minimum absolute atomic E-state index is 0.212. The minimum atomic E-state index is -0.666. The lowest BCUT2D eigenvalue weighted by Gasteiger charge is -2.24. The molecule has 1 atom stereocenters. The molecule has 98 valence electrons. The van der Waals surface area contributed by atoms with Crippen molar-refractivity contribution in [1.82, 2.24) is 4.90 Å². The van der Waals surface area contributed by atoms with Crippen LogP contribution in [0.25, 0.3) is 0 Å². The molecule has 2 nitrogen and oxygen atoms in total. The Bertz CT molecular complexity index is 458. The zero-order valence-corrected chi connectivity index (χ0v) is 10.8. The number of hydrogen-bond donors (Lipinski definition) is 1. The zero-order chi connectivity index (χ0) is 12.8. The van der Waals surface area contributed by atoms with Gasteiger partial charge in [0.15, 0.2) is 0 Å². The fourth-order valence-corrected chi connectivity index (χ4v) is 2.97. The first-order valence-electron chi connectivity index (χ1n) is 6.77. The van der Waals surface area contributed by atoms with Gasteiger partial charge in [-0.1, -0.05) is 6.07 Å². The quantitative estimate of drug-likeness (QED) is 0.888. The molecule has 0 amide bonds. The number of rotatable bonds is 3. The van der Waals surface area contributed by atoms with Crippen molar-refractivity contribution in [3.63, 3.8) is 0 Å². The van der Waals surface area contributed by atoms with E-state index in [9.17, 15) is 9.50 Å². The Kier molecular flexibility index (Phi) is 2.91. The Morgan fingerprint density at radius 1 is 1.44 bits per heavy atom. The second-order valence-electron chi connectivity index (χ2n) is 5.92. The van der Waals surface area contributed by atoms with Gasteiger partial charge in [0.2, 0.25) is 0 Å². The standard InChI is InChI=1S/C15H20FNO/c1-11-2-3-13(16)8-12(11)9-15(18)6-7-17(10-15)14-4-5-14/h2-3,8,14,18H,4-7,9-10H2,1H3. The van der Waals surface area contributed by atoms with Crippen molar-refractivity contribution in [2.75, 3.05) is 13.1 Å². The highest BCUT2D eigenvalue weighted by Crippen LogP contribution is 2.35. The average Bonchev–Trinajstić information content (AvgIpc) is 3.09. The van der Waals surface area contributed by atoms with Gasteiger partial charge in [-0.05, 0) is 49.4 Å². The summed E-state index contributed by atoms with van der Waals surface area (Å²) in [4.78, 5) is 2.38. The van der Waals surface area contributed by atoms with E-state index >= 15 is 0 Å². The third kappa shape index (κ3) is 2.43. The van der Waals surface area contributed by atoms with E-state index < -0.39 is 5.60 Å². The maximum atomic E-state index is 13.3. The van der Waals surface area contributed by atoms with Gasteiger partial charge in [0, 0.05) is 25.6 Å². The van der Waals surface area contributed by atoms with E-state index in [-0.39, 0.29) is 5.82 Å². The number of halogens is 1. The van der Waals surface area contributed by atoms with Crippen molar-refractivity contribution < 1.29 is 9.50 Å². The highest BCUT2D eigenvalue weighted by atomic mass is 19.1. The van der Waals surface area contributed by atoms with Gasteiger partial charge >= 0.3 is 0 Å². The molecule has 1 saturated heterocycles. The molecular formula is C15H20FNO. The molecule has 3 heteroatoms. The lowest BCUT2D eigenvalue weighted by Crippen LogP contribution is -2.36. The van der Waals surface area contributed by atoms with Gasteiger partial charge in [0.25, 0.3) is 0 Å². The first-order chi connectivity index (χ1) is 8.56. The van der Waals surface area contributed by atoms with Crippen molar-refractivity contribution in [1.29, 1.82) is 0 Å². The number of nitrogens with zero attached hydrogens (tertiary/aromatic N) is 1. The van der Waals surface area contributed by atoms with E-state index in [0.717, 1.165) is 30.6 Å². The maximum absolute atomic E-state index is 13.3. The summed E-state index contributed by atoms with van der Waals surface area (Å²) in [6.45, 7) is 3.70. The molecule has 2 fully saturated rings. The number of aryl methyl sites for hydroxylation is 1. The van der Waals surface area contributed by atoms with Crippen LogP contribution in [0.4, 0.5) is 4.39 Å². The fraction of sp³-hybridized carbons (Fsp3) is 0.600. The molecule has 1 aromatic carbocycles. The van der Waals surface area contributed by atoms with E-state index in [0.29, 0.717) is 12.5 Å². The van der Waals surface area contributed by atoms with Crippen molar-refractivity contribution in [2.24, 2.45) is 0 Å². The highest BCUT2D eigenvalue weighted by molar-refractivity contribution is 5.28. The van der Waals surface area contributed by atoms with Gasteiger partial charge in [0.1, 0.15) is 5.82 Å². The van der Waals surface area contributed by atoms with Crippen LogP contribution in [0.1, 0.15) is 30.4 Å². The predicted molar refractivity (Wildman–Crippen MR) is 69.0 cm³/mol. The normalized spacial score (nSPS) is 28.8. The van der Waals surface area contributed by atoms with Crippen LogP contribution >= 0.6 is 0 Å². The third-order valence-corrected chi connectivity index (χ3v) is 4.26. The summed E-state index contributed by atoms with van der Waals surface area (Å²) in [5.74, 6) is -0.212. The molecule has 0 bridgehead atoms. The molecule has 0 radical (unpaired) electrons. The topological polar surface area (TPSA) is 23.5 Å². The monoisotopic (exact) mass is 249 g/mol. The van der Waals surface area contributed by atoms with Crippen molar-refractivity contribution >= 4 is 0 Å². The van der Waals surface area contributed by atoms with Gasteiger partial charge in [-0.15, -0.1) is 0 Å². The SMILES string of the molecule is Cc1ccc(F)cc1CC1(O)CCN(C2CC2)C1. The molecule has 1 aromatic rings. The van der Waals surface area contributed by atoms with Crippen LogP contribution in [0, 0.1) is 12.7 Å². The predicted octanol–water partition coefficient (Wildman–Crippen LogP) is 2.28. The van der Waals surface area contributed by atoms with E-state index in [2.05, 4.69) is 4.90 Å². The Hall–Kier alpha value is -0.930. The van der Waals surface area contributed by atoms with E-state index in [1.807, 2.05) is 6.92 Å². The summed E-state index contributed by atoms with van der Waals surface area (Å²) in [5, 5.41) is 10.6. The van der Waals surface area contributed by atoms with Crippen LogP contribution in [0.5, 0.6) is 0 Å². The van der Waals surface area contributed by atoms with E-state index in [1.165, 1.54) is 18.9 Å². The van der Waals surface area contributed by atoms with Gasteiger partial charge in [-0.3, -0.25) is 4.90 Å². The Morgan fingerprint density at radius 3 is 2.94 bits per heavy atom. The van der Waals surface area contributed by atoms with Crippen LogP contribution in [-0.4, -0.2) is 34.7 Å². The van der Waals surface area contributed by atoms with Crippen LogP contribution < -0.4 is 0 Å². The van der Waals surface area contributed by atoms with Crippen molar-refractivity contribution in [3.8, 4) is 0 Å². The summed E-state index contributed by atoms with van der Waals surface area (Å²) in [7, 11) is 0. The van der Waals surface area contributed by atoms with Crippen molar-refractivity contribution in [2.45, 2.75) is 44.2 Å². The first-order valence-corrected chi connectivity index (χ1v) is 6.77. The number of hydrogen-bond acceptors (Lipinski definition) is 2. The van der Waals surface area contributed by atoms with Crippen LogP contribution in [0.2, 0.25) is 0 Å². The van der Waals surface area contributed by atoms with Gasteiger partial charge < -0.3 is 5.11 Å². The number of likely N-dealkylation sites (tertiary alicyclic amines) is 1. The molecule has 1 saturated carbocycles. The molecule has 1 N–H and O–H groups in total. The summed E-state index contributed by atoms with van der Waals surface area (Å²) >= 11 is 0. The van der Waals surface area contributed by atoms with Crippen molar-refractivity contribution in [3.05, 3.63) is 35.1 Å². The summed E-state index contributed by atoms with van der Waals surface area (Å²) < 4.78 is 13.3. The smallest absolute Gasteiger partial charge is 0.123 e. The Morgan fingerprint density at radius 2 is 2.22 bits per heavy atom. The molecule has 1 aliphatic carbocycles. The summed E-state index contributed by atoms with van der Waals surface area (Å²) in [5.41, 5.74) is 1.34. The first kappa shape index (κ1) is 12.1. The van der Waals surface area contributed by atoms with Crippen LogP contribution in [-0.2, 0) is 6.42 Å². The molecular weight excluding hydrogens is 229 g/mol. The second-order valence-corrected chi connectivity index (χ2v) is 5.92. The lowest BCUT2D eigenvalue weighted by molar-refractivity contribution is 0.0485. The molecule has 18 heavy (non-hydrogen) atoms. The van der Waals surface area contributed by atoms with E-state index in [4.69, 9.17) is 0 Å². The lowest BCUT2D eigenvalue weighted by atomic mass is 9.91. The second kappa shape index (κ2) is 4.32. The van der Waals surface area contributed by atoms with Gasteiger partial charge in [-0.25, -0.2) is 4.39 Å². The Labute approximate surface area is 107 Å².